The number of para-hydroxylation sites is 1. The summed E-state index contributed by atoms with van der Waals surface area (Å²) in [5.41, 5.74) is 6.58. The van der Waals surface area contributed by atoms with Crippen molar-refractivity contribution in [3.05, 3.63) is 119 Å². The molecular formula is C31H31N5O. The minimum Gasteiger partial charge on any atom is -0.325 e. The van der Waals surface area contributed by atoms with Crippen molar-refractivity contribution in [2.24, 2.45) is 5.92 Å². The van der Waals surface area contributed by atoms with Crippen LogP contribution >= 0.6 is 0 Å². The third-order valence-corrected chi connectivity index (χ3v) is 6.60. The first-order chi connectivity index (χ1) is 18.0. The minimum absolute atomic E-state index is 0.106. The van der Waals surface area contributed by atoms with Gasteiger partial charge in [-0.15, -0.1) is 0 Å². The number of hydrogen-bond donors (Lipinski definition) is 3. The van der Waals surface area contributed by atoms with E-state index < -0.39 is 0 Å². The Morgan fingerprint density at radius 2 is 1.68 bits per heavy atom. The molecule has 3 aromatic carbocycles. The SMILES string of the molecule is CC1=C(NC(=O)c2ccc(Nc3nc(C)c4ccccc4n3)cc2)CC(CNCc2ccccc2)C=C1. The number of rotatable bonds is 8. The van der Waals surface area contributed by atoms with E-state index in [1.54, 1.807) is 0 Å². The first kappa shape index (κ1) is 24.4. The summed E-state index contributed by atoms with van der Waals surface area (Å²) in [7, 11) is 0. The molecule has 0 saturated carbocycles. The highest BCUT2D eigenvalue weighted by Gasteiger charge is 2.17. The molecule has 37 heavy (non-hydrogen) atoms. The largest absolute Gasteiger partial charge is 0.325 e. The van der Waals surface area contributed by atoms with Crippen LogP contribution in [0.2, 0.25) is 0 Å². The summed E-state index contributed by atoms with van der Waals surface area (Å²) in [6, 6.07) is 25.7. The third kappa shape index (κ3) is 6.11. The third-order valence-electron chi connectivity index (χ3n) is 6.60. The number of nitrogens with zero attached hydrogens (tertiary/aromatic N) is 2. The van der Waals surface area contributed by atoms with Gasteiger partial charge in [0.05, 0.1) is 11.2 Å². The fourth-order valence-corrected chi connectivity index (χ4v) is 4.49. The van der Waals surface area contributed by atoms with Crippen molar-refractivity contribution in [3.63, 3.8) is 0 Å². The van der Waals surface area contributed by atoms with E-state index in [0.717, 1.165) is 53.1 Å². The van der Waals surface area contributed by atoms with Gasteiger partial charge in [0.25, 0.3) is 5.91 Å². The summed E-state index contributed by atoms with van der Waals surface area (Å²) in [5, 5.41) is 11.0. The Morgan fingerprint density at radius 1 is 0.919 bits per heavy atom. The number of nitrogens with one attached hydrogen (secondary N) is 3. The molecule has 1 aliphatic carbocycles. The summed E-state index contributed by atoms with van der Waals surface area (Å²) in [5.74, 6) is 0.764. The fourth-order valence-electron chi connectivity index (χ4n) is 4.49. The summed E-state index contributed by atoms with van der Waals surface area (Å²) in [6.07, 6.45) is 5.13. The summed E-state index contributed by atoms with van der Waals surface area (Å²) in [6.45, 7) is 5.70. The van der Waals surface area contributed by atoms with E-state index in [4.69, 9.17) is 0 Å². The Kier molecular flexibility index (Phi) is 7.38. The van der Waals surface area contributed by atoms with Crippen molar-refractivity contribution in [1.82, 2.24) is 20.6 Å². The molecule has 6 nitrogen and oxygen atoms in total. The molecule has 1 aromatic heterocycles. The number of carbonyl (C=O) groups excluding carboxylic acids is 1. The molecule has 1 aliphatic rings. The zero-order chi connectivity index (χ0) is 25.6. The average Bonchev–Trinajstić information content (AvgIpc) is 2.91. The monoisotopic (exact) mass is 489 g/mol. The molecule has 1 unspecified atom stereocenters. The quantitative estimate of drug-likeness (QED) is 0.281. The van der Waals surface area contributed by atoms with Gasteiger partial charge < -0.3 is 16.0 Å². The lowest BCUT2D eigenvalue weighted by Gasteiger charge is -2.22. The zero-order valence-electron chi connectivity index (χ0n) is 21.2. The normalized spacial score (nSPS) is 15.1. The van der Waals surface area contributed by atoms with Crippen LogP contribution in [0.1, 0.15) is 35.0 Å². The second-order valence-corrected chi connectivity index (χ2v) is 9.41. The first-order valence-electron chi connectivity index (χ1n) is 12.6. The number of aromatic nitrogens is 2. The highest BCUT2D eigenvalue weighted by molar-refractivity contribution is 5.95. The lowest BCUT2D eigenvalue weighted by molar-refractivity contribution is 0.0963. The number of amides is 1. The van der Waals surface area contributed by atoms with E-state index in [9.17, 15) is 4.79 Å². The smallest absolute Gasteiger partial charge is 0.255 e. The molecule has 0 fully saturated rings. The van der Waals surface area contributed by atoms with Crippen molar-refractivity contribution in [1.29, 1.82) is 0 Å². The Labute approximate surface area is 217 Å². The number of allylic oxidation sites excluding steroid dienone is 3. The van der Waals surface area contributed by atoms with Gasteiger partial charge in [-0.05, 0) is 67.7 Å². The summed E-state index contributed by atoms with van der Waals surface area (Å²) >= 11 is 0. The van der Waals surface area contributed by atoms with Crippen LogP contribution in [0.25, 0.3) is 10.9 Å². The predicted molar refractivity (Wildman–Crippen MR) is 150 cm³/mol. The fraction of sp³-hybridized carbons (Fsp3) is 0.194. The number of aryl methyl sites for hydroxylation is 1. The highest BCUT2D eigenvalue weighted by Crippen LogP contribution is 2.23. The van der Waals surface area contributed by atoms with Crippen molar-refractivity contribution in [2.75, 3.05) is 11.9 Å². The van der Waals surface area contributed by atoms with Crippen molar-refractivity contribution < 1.29 is 4.79 Å². The van der Waals surface area contributed by atoms with Gasteiger partial charge in [-0.1, -0.05) is 60.7 Å². The van der Waals surface area contributed by atoms with Gasteiger partial charge in [-0.25, -0.2) is 9.97 Å². The topological polar surface area (TPSA) is 78.9 Å². The second kappa shape index (κ2) is 11.2. The Morgan fingerprint density at radius 3 is 2.49 bits per heavy atom. The molecule has 0 bridgehead atoms. The van der Waals surface area contributed by atoms with Gasteiger partial charge in [0.1, 0.15) is 0 Å². The van der Waals surface area contributed by atoms with Gasteiger partial charge >= 0.3 is 0 Å². The molecule has 186 valence electrons. The van der Waals surface area contributed by atoms with Crippen LogP contribution in [0, 0.1) is 12.8 Å². The van der Waals surface area contributed by atoms with Crippen molar-refractivity contribution >= 4 is 28.4 Å². The van der Waals surface area contributed by atoms with E-state index in [1.807, 2.05) is 68.4 Å². The lowest BCUT2D eigenvalue weighted by Crippen LogP contribution is -2.29. The Hall–Kier alpha value is -4.29. The van der Waals surface area contributed by atoms with Gasteiger partial charge in [-0.3, -0.25) is 4.79 Å². The molecule has 0 spiro atoms. The maximum absolute atomic E-state index is 13.0. The first-order valence-corrected chi connectivity index (χ1v) is 12.6. The number of carbonyl (C=O) groups is 1. The Balaban J connectivity index is 1.17. The Bertz CT molecular complexity index is 1460. The minimum atomic E-state index is -0.106. The molecule has 3 N–H and O–H groups in total. The van der Waals surface area contributed by atoms with Gasteiger partial charge in [0, 0.05) is 35.4 Å². The van der Waals surface area contributed by atoms with Crippen LogP contribution < -0.4 is 16.0 Å². The van der Waals surface area contributed by atoms with E-state index in [-0.39, 0.29) is 5.91 Å². The molecule has 0 saturated heterocycles. The number of anilines is 2. The van der Waals surface area contributed by atoms with Gasteiger partial charge in [0.15, 0.2) is 0 Å². The van der Waals surface area contributed by atoms with E-state index >= 15 is 0 Å². The predicted octanol–water partition coefficient (Wildman–Crippen LogP) is 6.05. The van der Waals surface area contributed by atoms with Crippen LogP contribution in [-0.2, 0) is 6.54 Å². The van der Waals surface area contributed by atoms with Crippen LogP contribution in [0.4, 0.5) is 11.6 Å². The molecule has 5 rings (SSSR count). The maximum atomic E-state index is 13.0. The molecule has 6 heteroatoms. The molecule has 1 amide bonds. The van der Waals surface area contributed by atoms with Crippen LogP contribution in [0.3, 0.4) is 0 Å². The van der Waals surface area contributed by atoms with E-state index in [1.165, 1.54) is 5.56 Å². The lowest BCUT2D eigenvalue weighted by atomic mass is 9.94. The maximum Gasteiger partial charge on any atom is 0.255 e. The van der Waals surface area contributed by atoms with Crippen LogP contribution in [0.5, 0.6) is 0 Å². The number of hydrogen-bond acceptors (Lipinski definition) is 5. The molecule has 1 atom stereocenters. The molecule has 0 radical (unpaired) electrons. The van der Waals surface area contributed by atoms with E-state index in [2.05, 4.69) is 62.3 Å². The van der Waals surface area contributed by atoms with Crippen molar-refractivity contribution in [2.45, 2.75) is 26.8 Å². The standard InChI is InChI=1S/C31H31N5O/c1-21-12-13-24(20-32-19-23-8-4-3-5-9-23)18-29(21)35-30(37)25-14-16-26(17-15-25)34-31-33-22(2)27-10-6-7-11-28(27)36-31/h3-17,24,32H,18-20H2,1-2H3,(H,35,37)(H,33,34,36). The summed E-state index contributed by atoms with van der Waals surface area (Å²) < 4.78 is 0. The zero-order valence-corrected chi connectivity index (χ0v) is 21.2. The molecule has 4 aromatic rings. The molecular weight excluding hydrogens is 458 g/mol. The van der Waals surface area contributed by atoms with Crippen LogP contribution in [-0.4, -0.2) is 22.4 Å². The van der Waals surface area contributed by atoms with Crippen LogP contribution in [0.15, 0.2) is 102 Å². The molecule has 0 aliphatic heterocycles. The van der Waals surface area contributed by atoms with Crippen molar-refractivity contribution in [3.8, 4) is 0 Å². The molecule has 1 heterocycles. The van der Waals surface area contributed by atoms with Gasteiger partial charge in [-0.2, -0.15) is 0 Å². The van der Waals surface area contributed by atoms with E-state index in [0.29, 0.717) is 17.4 Å². The number of fused-ring (bicyclic) bond motifs is 1. The average molecular weight is 490 g/mol. The second-order valence-electron chi connectivity index (χ2n) is 9.41. The highest BCUT2D eigenvalue weighted by atomic mass is 16.1. The number of benzene rings is 3. The van der Waals surface area contributed by atoms with Gasteiger partial charge in [0.2, 0.25) is 5.95 Å². The summed E-state index contributed by atoms with van der Waals surface area (Å²) in [4.78, 5) is 22.2.